The standard InChI is InChI=1S/C20H23N5O2S/c1-13(2)18(19(26)21-15-8-10-17(27-4)11-9-15)28-20-22-23-24-25(20)16-7-5-6-14(3)12-16/h5-13,18H,1-4H3,(H,21,26). The first kappa shape index (κ1) is 19.9. The zero-order valence-corrected chi connectivity index (χ0v) is 17.1. The van der Waals surface area contributed by atoms with Gasteiger partial charge in [0.15, 0.2) is 0 Å². The van der Waals surface area contributed by atoms with Crippen LogP contribution in [0.15, 0.2) is 53.7 Å². The predicted molar refractivity (Wildman–Crippen MR) is 110 cm³/mol. The van der Waals surface area contributed by atoms with Crippen LogP contribution in [0.25, 0.3) is 5.69 Å². The van der Waals surface area contributed by atoms with E-state index in [2.05, 4.69) is 20.8 Å². The number of benzene rings is 2. The van der Waals surface area contributed by atoms with Gasteiger partial charge in [0.1, 0.15) is 5.75 Å². The van der Waals surface area contributed by atoms with Gasteiger partial charge in [0, 0.05) is 5.69 Å². The van der Waals surface area contributed by atoms with Gasteiger partial charge in [0.05, 0.1) is 18.0 Å². The largest absolute Gasteiger partial charge is 0.497 e. The Kier molecular flexibility index (Phi) is 6.30. The minimum atomic E-state index is -0.350. The van der Waals surface area contributed by atoms with E-state index in [-0.39, 0.29) is 17.1 Å². The maximum absolute atomic E-state index is 12.9. The van der Waals surface area contributed by atoms with Gasteiger partial charge in [0.25, 0.3) is 0 Å². The molecule has 0 saturated heterocycles. The summed E-state index contributed by atoms with van der Waals surface area (Å²) in [7, 11) is 1.61. The highest BCUT2D eigenvalue weighted by molar-refractivity contribution is 8.00. The number of nitrogens with one attached hydrogen (secondary N) is 1. The lowest BCUT2D eigenvalue weighted by Crippen LogP contribution is -2.30. The summed E-state index contributed by atoms with van der Waals surface area (Å²) in [5.74, 6) is 0.736. The number of hydrogen-bond donors (Lipinski definition) is 1. The second-order valence-corrected chi connectivity index (χ2v) is 7.82. The summed E-state index contributed by atoms with van der Waals surface area (Å²) in [5, 5.41) is 15.2. The molecule has 0 radical (unpaired) electrons. The Morgan fingerprint density at radius 2 is 1.93 bits per heavy atom. The van der Waals surface area contributed by atoms with E-state index in [0.717, 1.165) is 22.7 Å². The number of aromatic nitrogens is 4. The molecule has 0 fully saturated rings. The molecule has 28 heavy (non-hydrogen) atoms. The van der Waals surface area contributed by atoms with Gasteiger partial charge < -0.3 is 10.1 Å². The third kappa shape index (κ3) is 4.69. The molecule has 3 aromatic rings. The van der Waals surface area contributed by atoms with Crippen LogP contribution in [0.4, 0.5) is 5.69 Å². The van der Waals surface area contributed by atoms with Gasteiger partial charge in [-0.05, 0) is 65.2 Å². The van der Waals surface area contributed by atoms with Crippen LogP contribution in [-0.4, -0.2) is 38.5 Å². The fourth-order valence-electron chi connectivity index (χ4n) is 2.67. The number of tetrazole rings is 1. The Morgan fingerprint density at radius 1 is 1.18 bits per heavy atom. The molecule has 2 aromatic carbocycles. The number of nitrogens with zero attached hydrogens (tertiary/aromatic N) is 4. The van der Waals surface area contributed by atoms with Crippen molar-refractivity contribution >= 4 is 23.4 Å². The summed E-state index contributed by atoms with van der Waals surface area (Å²) in [5.41, 5.74) is 2.70. The molecule has 1 amide bonds. The number of ether oxygens (including phenoxy) is 1. The number of carbonyl (C=O) groups is 1. The number of methoxy groups -OCH3 is 1. The molecule has 0 aliphatic carbocycles. The second kappa shape index (κ2) is 8.88. The van der Waals surface area contributed by atoms with E-state index < -0.39 is 0 Å². The summed E-state index contributed by atoms with van der Waals surface area (Å²) in [6.07, 6.45) is 0. The van der Waals surface area contributed by atoms with E-state index in [1.165, 1.54) is 11.8 Å². The molecule has 0 aliphatic rings. The third-order valence-electron chi connectivity index (χ3n) is 4.14. The van der Waals surface area contributed by atoms with Crippen molar-refractivity contribution in [1.82, 2.24) is 20.2 Å². The minimum absolute atomic E-state index is 0.0888. The number of rotatable bonds is 7. The Morgan fingerprint density at radius 3 is 2.57 bits per heavy atom. The van der Waals surface area contributed by atoms with Crippen LogP contribution in [0.2, 0.25) is 0 Å². The van der Waals surface area contributed by atoms with Crippen molar-refractivity contribution < 1.29 is 9.53 Å². The monoisotopic (exact) mass is 397 g/mol. The molecule has 1 heterocycles. The first-order chi connectivity index (χ1) is 13.5. The van der Waals surface area contributed by atoms with E-state index in [9.17, 15) is 4.79 Å². The van der Waals surface area contributed by atoms with E-state index in [0.29, 0.717) is 5.16 Å². The molecule has 8 heteroatoms. The molecule has 1 N–H and O–H groups in total. The quantitative estimate of drug-likeness (QED) is 0.612. The van der Waals surface area contributed by atoms with Gasteiger partial charge in [-0.3, -0.25) is 4.79 Å². The summed E-state index contributed by atoms with van der Waals surface area (Å²) in [4.78, 5) is 12.9. The zero-order valence-electron chi connectivity index (χ0n) is 16.3. The van der Waals surface area contributed by atoms with Crippen molar-refractivity contribution in [1.29, 1.82) is 0 Å². The topological polar surface area (TPSA) is 81.9 Å². The van der Waals surface area contributed by atoms with Crippen molar-refractivity contribution in [2.45, 2.75) is 31.2 Å². The first-order valence-electron chi connectivity index (χ1n) is 8.95. The lowest BCUT2D eigenvalue weighted by Gasteiger charge is -2.19. The van der Waals surface area contributed by atoms with Crippen molar-refractivity contribution in [3.05, 3.63) is 54.1 Å². The smallest absolute Gasteiger partial charge is 0.238 e. The molecule has 0 aliphatic heterocycles. The van der Waals surface area contributed by atoms with Crippen molar-refractivity contribution in [3.8, 4) is 11.4 Å². The number of thioether (sulfide) groups is 1. The number of amides is 1. The Hall–Kier alpha value is -2.87. The molecule has 0 saturated carbocycles. The molecule has 1 aromatic heterocycles. The lowest BCUT2D eigenvalue weighted by molar-refractivity contribution is -0.116. The van der Waals surface area contributed by atoms with E-state index in [4.69, 9.17) is 4.74 Å². The average molecular weight is 398 g/mol. The minimum Gasteiger partial charge on any atom is -0.497 e. The molecule has 0 bridgehead atoms. The number of carbonyl (C=O) groups excluding carboxylic acids is 1. The molecule has 7 nitrogen and oxygen atoms in total. The zero-order chi connectivity index (χ0) is 20.1. The predicted octanol–water partition coefficient (Wildman–Crippen LogP) is 3.73. The molecule has 146 valence electrons. The van der Waals surface area contributed by atoms with Crippen LogP contribution in [-0.2, 0) is 4.79 Å². The molecule has 1 unspecified atom stereocenters. The molecular weight excluding hydrogens is 374 g/mol. The number of anilines is 1. The summed E-state index contributed by atoms with van der Waals surface area (Å²) < 4.78 is 6.81. The van der Waals surface area contributed by atoms with Crippen LogP contribution in [0.5, 0.6) is 5.75 Å². The van der Waals surface area contributed by atoms with Crippen molar-refractivity contribution in [2.75, 3.05) is 12.4 Å². The average Bonchev–Trinajstić information content (AvgIpc) is 3.14. The second-order valence-electron chi connectivity index (χ2n) is 6.71. The van der Waals surface area contributed by atoms with Crippen LogP contribution in [0.1, 0.15) is 19.4 Å². The molecule has 3 rings (SSSR count). The van der Waals surface area contributed by atoms with Crippen LogP contribution >= 0.6 is 11.8 Å². The Labute approximate surface area is 168 Å². The molecule has 1 atom stereocenters. The normalized spacial score (nSPS) is 12.0. The van der Waals surface area contributed by atoms with Crippen LogP contribution < -0.4 is 10.1 Å². The molecule has 0 spiro atoms. The maximum Gasteiger partial charge on any atom is 0.238 e. The maximum atomic E-state index is 12.9. The van der Waals surface area contributed by atoms with Gasteiger partial charge in [0.2, 0.25) is 11.1 Å². The van der Waals surface area contributed by atoms with Crippen molar-refractivity contribution in [3.63, 3.8) is 0 Å². The van der Waals surface area contributed by atoms with E-state index >= 15 is 0 Å². The van der Waals surface area contributed by atoms with Crippen LogP contribution in [0, 0.1) is 12.8 Å². The fraction of sp³-hybridized carbons (Fsp3) is 0.300. The highest BCUT2D eigenvalue weighted by Gasteiger charge is 2.26. The number of hydrogen-bond acceptors (Lipinski definition) is 6. The molecular formula is C20H23N5O2S. The van der Waals surface area contributed by atoms with Gasteiger partial charge in [-0.15, -0.1) is 5.10 Å². The van der Waals surface area contributed by atoms with Gasteiger partial charge in [-0.2, -0.15) is 4.68 Å². The highest BCUT2D eigenvalue weighted by atomic mass is 32.2. The Balaban J connectivity index is 1.78. The summed E-state index contributed by atoms with van der Waals surface area (Å²) in [6.45, 7) is 6.03. The Bertz CT molecular complexity index is 940. The van der Waals surface area contributed by atoms with E-state index in [1.807, 2.05) is 69.3 Å². The van der Waals surface area contributed by atoms with Crippen LogP contribution in [0.3, 0.4) is 0 Å². The highest BCUT2D eigenvalue weighted by Crippen LogP contribution is 2.29. The third-order valence-corrected chi connectivity index (χ3v) is 5.62. The van der Waals surface area contributed by atoms with Gasteiger partial charge >= 0.3 is 0 Å². The van der Waals surface area contributed by atoms with Gasteiger partial charge in [-0.25, -0.2) is 0 Å². The lowest BCUT2D eigenvalue weighted by atomic mass is 10.1. The number of aryl methyl sites for hydroxylation is 1. The van der Waals surface area contributed by atoms with Crippen molar-refractivity contribution in [2.24, 2.45) is 5.92 Å². The SMILES string of the molecule is COc1ccc(NC(=O)C(Sc2nnnn2-c2cccc(C)c2)C(C)C)cc1. The first-order valence-corrected chi connectivity index (χ1v) is 9.83. The van der Waals surface area contributed by atoms with Gasteiger partial charge in [-0.1, -0.05) is 37.7 Å². The summed E-state index contributed by atoms with van der Waals surface area (Å²) in [6, 6.07) is 15.2. The summed E-state index contributed by atoms with van der Waals surface area (Å²) >= 11 is 1.36. The fourth-order valence-corrected chi connectivity index (χ4v) is 3.66. The van der Waals surface area contributed by atoms with E-state index in [1.54, 1.807) is 11.8 Å².